The first-order valence-corrected chi connectivity index (χ1v) is 8.85. The van der Waals surface area contributed by atoms with E-state index in [0.29, 0.717) is 21.5 Å². The van der Waals surface area contributed by atoms with Crippen LogP contribution in [0.25, 0.3) is 10.9 Å². The van der Waals surface area contributed by atoms with Crippen molar-refractivity contribution in [2.45, 2.75) is 19.5 Å². The number of hydrogen-bond acceptors (Lipinski definition) is 5. The molecule has 0 aliphatic heterocycles. The maximum atomic E-state index is 12.5. The molecule has 3 aromatic rings. The molecule has 144 valence electrons. The van der Waals surface area contributed by atoms with Gasteiger partial charge in [-0.05, 0) is 23.8 Å². The van der Waals surface area contributed by atoms with E-state index in [1.807, 2.05) is 0 Å². The topological polar surface area (TPSA) is 98.3 Å². The minimum absolute atomic E-state index is 0.0863. The number of non-ortho nitro benzene ring substituents is 1. The predicted molar refractivity (Wildman–Crippen MR) is 105 cm³/mol. The number of nitro groups is 1. The average molecular weight is 401 g/mol. The third-order valence-corrected chi connectivity index (χ3v) is 4.74. The molecule has 1 amide bonds. The summed E-state index contributed by atoms with van der Waals surface area (Å²) >= 11 is 6.08. The number of nitrogens with zero attached hydrogens (tertiary/aromatic N) is 4. The molecule has 8 nitrogen and oxygen atoms in total. The summed E-state index contributed by atoms with van der Waals surface area (Å²) in [5, 5.41) is 11.8. The molecule has 3 rings (SSSR count). The van der Waals surface area contributed by atoms with Gasteiger partial charge in [0.15, 0.2) is 0 Å². The van der Waals surface area contributed by atoms with E-state index < -0.39 is 4.92 Å². The number of carbonyl (C=O) groups excluding carboxylic acids is 1. The first kappa shape index (κ1) is 19.5. The van der Waals surface area contributed by atoms with Crippen molar-refractivity contribution < 1.29 is 9.72 Å². The largest absolute Gasteiger partial charge is 0.341 e. The Morgan fingerprint density at radius 3 is 2.79 bits per heavy atom. The van der Waals surface area contributed by atoms with E-state index in [2.05, 4.69) is 4.98 Å². The van der Waals surface area contributed by atoms with Crippen LogP contribution in [0.15, 0.2) is 53.6 Å². The van der Waals surface area contributed by atoms with Crippen molar-refractivity contribution in [1.82, 2.24) is 14.5 Å². The third-order valence-electron chi connectivity index (χ3n) is 4.37. The van der Waals surface area contributed by atoms with Crippen LogP contribution in [0.2, 0.25) is 5.02 Å². The quantitative estimate of drug-likeness (QED) is 0.468. The molecule has 0 saturated carbocycles. The van der Waals surface area contributed by atoms with Gasteiger partial charge in [-0.15, -0.1) is 0 Å². The van der Waals surface area contributed by atoms with E-state index in [4.69, 9.17) is 11.6 Å². The van der Waals surface area contributed by atoms with Crippen molar-refractivity contribution in [3.8, 4) is 0 Å². The van der Waals surface area contributed by atoms with Gasteiger partial charge in [-0.25, -0.2) is 4.98 Å². The second-order valence-corrected chi connectivity index (χ2v) is 6.70. The second-order valence-electron chi connectivity index (χ2n) is 6.29. The molecule has 0 aliphatic rings. The maximum Gasteiger partial charge on any atom is 0.269 e. The summed E-state index contributed by atoms with van der Waals surface area (Å²) in [6, 6.07) is 11.1. The molecule has 0 N–H and O–H groups in total. The summed E-state index contributed by atoms with van der Waals surface area (Å²) in [6.45, 7) is 0.312. The number of amides is 1. The molecular weight excluding hydrogens is 384 g/mol. The van der Waals surface area contributed by atoms with Gasteiger partial charge in [-0.3, -0.25) is 24.3 Å². The number of benzene rings is 2. The van der Waals surface area contributed by atoms with Gasteiger partial charge in [0.25, 0.3) is 11.2 Å². The number of aromatic nitrogens is 2. The molecule has 0 fully saturated rings. The minimum atomic E-state index is -0.513. The number of fused-ring (bicyclic) bond motifs is 1. The Kier molecular flexibility index (Phi) is 5.70. The van der Waals surface area contributed by atoms with Crippen molar-refractivity contribution in [2.24, 2.45) is 0 Å². The summed E-state index contributed by atoms with van der Waals surface area (Å²) in [4.78, 5) is 41.0. The minimum Gasteiger partial charge on any atom is -0.341 e. The summed E-state index contributed by atoms with van der Waals surface area (Å²) in [6.07, 6.45) is 1.51. The molecule has 0 atom stereocenters. The highest BCUT2D eigenvalue weighted by atomic mass is 35.5. The van der Waals surface area contributed by atoms with Crippen LogP contribution in [0.4, 0.5) is 5.69 Å². The van der Waals surface area contributed by atoms with Gasteiger partial charge < -0.3 is 4.90 Å². The summed E-state index contributed by atoms with van der Waals surface area (Å²) in [7, 11) is 1.58. The van der Waals surface area contributed by atoms with Crippen LogP contribution in [0.5, 0.6) is 0 Å². The smallest absolute Gasteiger partial charge is 0.269 e. The molecule has 1 aromatic heterocycles. The number of hydrogen-bond donors (Lipinski definition) is 0. The van der Waals surface area contributed by atoms with Crippen LogP contribution in [-0.4, -0.2) is 32.3 Å². The lowest BCUT2D eigenvalue weighted by Crippen LogP contribution is -2.29. The van der Waals surface area contributed by atoms with Crippen LogP contribution in [0, 0.1) is 10.1 Å². The lowest BCUT2D eigenvalue weighted by atomic mass is 10.2. The van der Waals surface area contributed by atoms with E-state index in [-0.39, 0.29) is 36.7 Å². The molecule has 28 heavy (non-hydrogen) atoms. The predicted octanol–water partition coefficient (Wildman–Crippen LogP) is 3.01. The number of halogens is 1. The van der Waals surface area contributed by atoms with Crippen molar-refractivity contribution in [3.63, 3.8) is 0 Å². The first-order valence-electron chi connectivity index (χ1n) is 8.48. The van der Waals surface area contributed by atoms with E-state index in [0.717, 1.165) is 0 Å². The molecule has 0 radical (unpaired) electrons. The van der Waals surface area contributed by atoms with Crippen LogP contribution in [-0.2, 0) is 17.9 Å². The normalized spacial score (nSPS) is 10.8. The highest BCUT2D eigenvalue weighted by Crippen LogP contribution is 2.23. The van der Waals surface area contributed by atoms with Gasteiger partial charge in [0.05, 0.1) is 22.2 Å². The number of para-hydroxylation sites is 1. The number of nitro benzene ring substituents is 1. The standard InChI is InChI=1S/C19H17ClN4O4/c1-22(11-13-10-14(24(27)28)6-7-16(13)20)18(25)8-9-23-12-21-17-5-3-2-4-15(17)19(23)26/h2-7,10,12H,8-9,11H2,1H3. The van der Waals surface area contributed by atoms with Gasteiger partial charge in [0.1, 0.15) is 0 Å². The maximum absolute atomic E-state index is 12.5. The van der Waals surface area contributed by atoms with Crippen LogP contribution < -0.4 is 5.56 Å². The van der Waals surface area contributed by atoms with E-state index in [1.54, 1.807) is 31.3 Å². The SMILES string of the molecule is CN(Cc1cc([N+](=O)[O-])ccc1Cl)C(=O)CCn1cnc2ccccc2c1=O. The van der Waals surface area contributed by atoms with Gasteiger partial charge in [0.2, 0.25) is 5.91 Å². The van der Waals surface area contributed by atoms with Crippen molar-refractivity contribution >= 4 is 34.1 Å². The lowest BCUT2D eigenvalue weighted by Gasteiger charge is -2.18. The average Bonchev–Trinajstić information content (AvgIpc) is 2.68. The lowest BCUT2D eigenvalue weighted by molar-refractivity contribution is -0.384. The molecule has 0 bridgehead atoms. The zero-order valence-electron chi connectivity index (χ0n) is 15.0. The summed E-state index contributed by atoms with van der Waals surface area (Å²) in [5.41, 5.74) is 0.792. The fraction of sp³-hybridized carbons (Fsp3) is 0.211. The van der Waals surface area contributed by atoms with Crippen LogP contribution in [0.1, 0.15) is 12.0 Å². The molecule has 0 spiro atoms. The van der Waals surface area contributed by atoms with Gasteiger partial charge in [-0.1, -0.05) is 23.7 Å². The number of aryl methyl sites for hydroxylation is 1. The van der Waals surface area contributed by atoms with Crippen molar-refractivity contribution in [1.29, 1.82) is 0 Å². The Balaban J connectivity index is 1.68. The Morgan fingerprint density at radius 1 is 1.29 bits per heavy atom. The summed E-state index contributed by atoms with van der Waals surface area (Å²) in [5.74, 6) is -0.220. The molecule has 1 heterocycles. The van der Waals surface area contributed by atoms with Crippen LogP contribution >= 0.6 is 11.6 Å². The highest BCUT2D eigenvalue weighted by molar-refractivity contribution is 6.31. The molecule has 2 aromatic carbocycles. The molecule has 0 saturated heterocycles. The Bertz CT molecular complexity index is 1110. The molecule has 9 heteroatoms. The van der Waals surface area contributed by atoms with Crippen LogP contribution in [0.3, 0.4) is 0 Å². The monoisotopic (exact) mass is 400 g/mol. The van der Waals surface area contributed by atoms with Gasteiger partial charge >= 0.3 is 0 Å². The van der Waals surface area contributed by atoms with Gasteiger partial charge in [0, 0.05) is 43.7 Å². The fourth-order valence-corrected chi connectivity index (χ4v) is 2.99. The number of rotatable bonds is 6. The highest BCUT2D eigenvalue weighted by Gasteiger charge is 2.15. The molecule has 0 unspecified atom stereocenters. The molecular formula is C19H17ClN4O4. The fourth-order valence-electron chi connectivity index (χ4n) is 2.81. The van der Waals surface area contributed by atoms with Gasteiger partial charge in [-0.2, -0.15) is 0 Å². The van der Waals surface area contributed by atoms with E-state index >= 15 is 0 Å². The zero-order valence-corrected chi connectivity index (χ0v) is 15.8. The third kappa shape index (κ3) is 4.17. The Labute approximate surface area is 165 Å². The zero-order chi connectivity index (χ0) is 20.3. The second kappa shape index (κ2) is 8.18. The number of carbonyl (C=O) groups is 1. The summed E-state index contributed by atoms with van der Waals surface area (Å²) < 4.78 is 1.40. The first-order chi connectivity index (χ1) is 13.4. The van der Waals surface area contributed by atoms with E-state index in [1.165, 1.54) is 34.0 Å². The van der Waals surface area contributed by atoms with Crippen molar-refractivity contribution in [2.75, 3.05) is 7.05 Å². The molecule has 0 aliphatic carbocycles. The Morgan fingerprint density at radius 2 is 2.04 bits per heavy atom. The van der Waals surface area contributed by atoms with E-state index in [9.17, 15) is 19.7 Å². The van der Waals surface area contributed by atoms with Crippen molar-refractivity contribution in [3.05, 3.63) is 79.8 Å². The Hall–Kier alpha value is -3.26.